The van der Waals surface area contributed by atoms with E-state index in [1.54, 1.807) is 18.7 Å². The van der Waals surface area contributed by atoms with Gasteiger partial charge in [-0.05, 0) is 43.9 Å². The predicted octanol–water partition coefficient (Wildman–Crippen LogP) is 2.39. The number of benzene rings is 1. The van der Waals surface area contributed by atoms with Gasteiger partial charge in [-0.2, -0.15) is 0 Å². The van der Waals surface area contributed by atoms with E-state index in [-0.39, 0.29) is 17.2 Å². The number of fused-ring (bicyclic) bond motifs is 1. The van der Waals surface area contributed by atoms with Gasteiger partial charge in [-0.15, -0.1) is 0 Å². The number of esters is 1. The van der Waals surface area contributed by atoms with E-state index in [1.807, 2.05) is 18.2 Å². The first-order valence-corrected chi connectivity index (χ1v) is 8.54. The lowest BCUT2D eigenvalue weighted by molar-refractivity contribution is -0.140. The second-order valence-corrected chi connectivity index (χ2v) is 6.51. The fraction of sp³-hybridized carbons (Fsp3) is 0.350. The third-order valence-electron chi connectivity index (χ3n) is 4.61. The largest absolute Gasteiger partial charge is 0.449 e. The molecule has 0 saturated carbocycles. The Labute approximate surface area is 151 Å². The molecule has 26 heavy (non-hydrogen) atoms. The molecule has 0 aliphatic carbocycles. The van der Waals surface area contributed by atoms with Crippen molar-refractivity contribution in [3.8, 4) is 0 Å². The van der Waals surface area contributed by atoms with Gasteiger partial charge in [-0.3, -0.25) is 4.79 Å². The van der Waals surface area contributed by atoms with Gasteiger partial charge in [0.05, 0.1) is 0 Å². The van der Waals surface area contributed by atoms with Crippen molar-refractivity contribution in [2.45, 2.75) is 39.8 Å². The van der Waals surface area contributed by atoms with Crippen LogP contribution in [-0.4, -0.2) is 29.4 Å². The zero-order chi connectivity index (χ0) is 18.8. The lowest BCUT2D eigenvalue weighted by atomic mass is 9.99. The normalized spacial score (nSPS) is 14.5. The highest BCUT2D eigenvalue weighted by atomic mass is 16.5. The highest BCUT2D eigenvalue weighted by Gasteiger charge is 2.28. The van der Waals surface area contributed by atoms with Crippen LogP contribution in [0.3, 0.4) is 0 Å². The number of carbonyl (C=O) groups excluding carboxylic acids is 2. The molecular weight excluding hydrogens is 334 g/mol. The Morgan fingerprint density at radius 1 is 1.19 bits per heavy atom. The Morgan fingerprint density at radius 2 is 1.88 bits per heavy atom. The predicted molar refractivity (Wildman–Crippen MR) is 94.9 cm³/mol. The van der Waals surface area contributed by atoms with E-state index in [0.717, 1.165) is 12.0 Å². The Bertz CT molecular complexity index is 888. The average Bonchev–Trinajstić information content (AvgIpc) is 2.59. The van der Waals surface area contributed by atoms with Gasteiger partial charge in [-0.25, -0.2) is 9.59 Å². The molecule has 1 aliphatic heterocycles. The maximum atomic E-state index is 12.7. The fourth-order valence-electron chi connectivity index (χ4n) is 3.27. The third kappa shape index (κ3) is 3.54. The summed E-state index contributed by atoms with van der Waals surface area (Å²) in [5.74, 6) is -0.714. The lowest BCUT2D eigenvalue weighted by Crippen LogP contribution is -2.42. The van der Waals surface area contributed by atoms with E-state index >= 15 is 0 Å². The van der Waals surface area contributed by atoms with Crippen LogP contribution in [0.15, 0.2) is 39.5 Å². The van der Waals surface area contributed by atoms with Crippen LogP contribution in [0.2, 0.25) is 0 Å². The van der Waals surface area contributed by atoms with Crippen LogP contribution in [-0.2, 0) is 22.5 Å². The molecule has 0 N–H and O–H groups in total. The Hall–Kier alpha value is -2.89. The molecule has 0 saturated heterocycles. The molecular formula is C20H21NO5. The van der Waals surface area contributed by atoms with Gasteiger partial charge in [0.1, 0.15) is 11.3 Å². The standard InChI is InChI=1S/C20H21NO5/c1-12-10-17(22)25-13(2)18(12)20(24)26-14(3)19(23)21-9-8-15-6-4-5-7-16(15)11-21/h4-7,10,14H,8-9,11H2,1-3H3/t14-/m0/s1. The lowest BCUT2D eigenvalue weighted by Gasteiger charge is -2.30. The summed E-state index contributed by atoms with van der Waals surface area (Å²) in [6.45, 7) is 5.82. The van der Waals surface area contributed by atoms with Crippen molar-refractivity contribution < 1.29 is 18.7 Å². The van der Waals surface area contributed by atoms with Crippen LogP contribution in [0.25, 0.3) is 0 Å². The zero-order valence-electron chi connectivity index (χ0n) is 15.1. The van der Waals surface area contributed by atoms with Gasteiger partial charge >= 0.3 is 11.6 Å². The minimum Gasteiger partial charge on any atom is -0.449 e. The Balaban J connectivity index is 1.70. The van der Waals surface area contributed by atoms with Crippen LogP contribution in [0.5, 0.6) is 0 Å². The minimum absolute atomic E-state index is 0.187. The molecule has 1 amide bonds. The van der Waals surface area contributed by atoms with Gasteiger partial charge in [-0.1, -0.05) is 24.3 Å². The third-order valence-corrected chi connectivity index (χ3v) is 4.61. The molecule has 0 radical (unpaired) electrons. The summed E-state index contributed by atoms with van der Waals surface area (Å²) in [4.78, 5) is 38.2. The average molecular weight is 355 g/mol. The van der Waals surface area contributed by atoms with E-state index in [4.69, 9.17) is 9.15 Å². The van der Waals surface area contributed by atoms with Crippen molar-refractivity contribution in [3.05, 3.63) is 68.8 Å². The summed E-state index contributed by atoms with van der Waals surface area (Å²) in [7, 11) is 0. The van der Waals surface area contributed by atoms with Crippen LogP contribution in [0.4, 0.5) is 0 Å². The van der Waals surface area contributed by atoms with Gasteiger partial charge < -0.3 is 14.1 Å². The van der Waals surface area contributed by atoms with Crippen LogP contribution >= 0.6 is 0 Å². The van der Waals surface area contributed by atoms with Crippen molar-refractivity contribution >= 4 is 11.9 Å². The maximum absolute atomic E-state index is 12.7. The number of amides is 1. The monoisotopic (exact) mass is 355 g/mol. The smallest absolute Gasteiger partial charge is 0.342 e. The van der Waals surface area contributed by atoms with Crippen LogP contribution < -0.4 is 5.63 Å². The van der Waals surface area contributed by atoms with Gasteiger partial charge in [0.15, 0.2) is 6.10 Å². The summed E-state index contributed by atoms with van der Waals surface area (Å²) in [6, 6.07) is 9.24. The van der Waals surface area contributed by atoms with Crippen molar-refractivity contribution in [1.29, 1.82) is 0 Å². The van der Waals surface area contributed by atoms with Crippen molar-refractivity contribution in [3.63, 3.8) is 0 Å². The van der Waals surface area contributed by atoms with Gasteiger partial charge in [0, 0.05) is 19.2 Å². The van der Waals surface area contributed by atoms with Crippen molar-refractivity contribution in [1.82, 2.24) is 4.90 Å². The Morgan fingerprint density at radius 3 is 2.58 bits per heavy atom. The second kappa shape index (κ2) is 7.15. The Kier molecular flexibility index (Phi) is 4.93. The van der Waals surface area contributed by atoms with Gasteiger partial charge in [0.2, 0.25) is 0 Å². The van der Waals surface area contributed by atoms with Crippen LogP contribution in [0, 0.1) is 13.8 Å². The molecule has 0 bridgehead atoms. The quantitative estimate of drug-likeness (QED) is 0.790. The molecule has 2 heterocycles. The van der Waals surface area contributed by atoms with E-state index in [0.29, 0.717) is 18.7 Å². The maximum Gasteiger partial charge on any atom is 0.342 e. The summed E-state index contributed by atoms with van der Waals surface area (Å²) in [6.07, 6.45) is -0.136. The number of hydrogen-bond donors (Lipinski definition) is 0. The van der Waals surface area contributed by atoms with Crippen LogP contribution in [0.1, 0.15) is 39.7 Å². The number of hydrogen-bond acceptors (Lipinski definition) is 5. The first kappa shape index (κ1) is 17.9. The topological polar surface area (TPSA) is 76.8 Å². The molecule has 136 valence electrons. The van der Waals surface area contributed by atoms with Gasteiger partial charge in [0.25, 0.3) is 5.91 Å². The minimum atomic E-state index is -0.918. The number of nitrogens with zero attached hydrogens (tertiary/aromatic N) is 1. The number of ether oxygens (including phenoxy) is 1. The molecule has 6 nitrogen and oxygen atoms in total. The van der Waals surface area contributed by atoms with Crippen molar-refractivity contribution in [2.75, 3.05) is 6.54 Å². The van der Waals surface area contributed by atoms with Crippen molar-refractivity contribution in [2.24, 2.45) is 0 Å². The van der Waals surface area contributed by atoms with E-state index in [9.17, 15) is 14.4 Å². The van der Waals surface area contributed by atoms with E-state index < -0.39 is 17.7 Å². The molecule has 3 rings (SSSR count). The number of rotatable bonds is 3. The molecule has 0 unspecified atom stereocenters. The van der Waals surface area contributed by atoms with E-state index in [1.165, 1.54) is 18.6 Å². The molecule has 1 aliphatic rings. The molecule has 1 aromatic carbocycles. The molecule has 0 fully saturated rings. The number of aryl methyl sites for hydroxylation is 2. The molecule has 1 atom stereocenters. The highest BCUT2D eigenvalue weighted by molar-refractivity contribution is 5.94. The van der Waals surface area contributed by atoms with E-state index in [2.05, 4.69) is 6.07 Å². The molecule has 6 heteroatoms. The summed E-state index contributed by atoms with van der Waals surface area (Å²) in [5, 5.41) is 0. The first-order chi connectivity index (χ1) is 12.4. The number of carbonyl (C=O) groups is 2. The SMILES string of the molecule is Cc1cc(=O)oc(C)c1C(=O)O[C@@H](C)C(=O)N1CCc2ccccc2C1. The fourth-order valence-corrected chi connectivity index (χ4v) is 3.27. The first-order valence-electron chi connectivity index (χ1n) is 8.54. The summed E-state index contributed by atoms with van der Waals surface area (Å²) >= 11 is 0. The molecule has 1 aromatic heterocycles. The molecule has 0 spiro atoms. The zero-order valence-corrected chi connectivity index (χ0v) is 15.1. The molecule has 2 aromatic rings. The second-order valence-electron chi connectivity index (χ2n) is 6.51. The highest BCUT2D eigenvalue weighted by Crippen LogP contribution is 2.20. The summed E-state index contributed by atoms with van der Waals surface area (Å²) < 4.78 is 10.3. The summed E-state index contributed by atoms with van der Waals surface area (Å²) in [5.41, 5.74) is 2.49.